The number of aromatic nitrogens is 2. The van der Waals surface area contributed by atoms with E-state index in [4.69, 9.17) is 8.83 Å². The smallest absolute Gasteiger partial charge is 0.273 e. The Balaban J connectivity index is 1.24. The van der Waals surface area contributed by atoms with E-state index in [2.05, 4.69) is 62.1 Å². The minimum Gasteiger partial charge on any atom is -0.467 e. The molecule has 5 aromatic rings. The van der Waals surface area contributed by atoms with Crippen LogP contribution in [0, 0.1) is 0 Å². The molecule has 0 aliphatic heterocycles. The Hall–Kier alpha value is -3.62. The fourth-order valence-corrected chi connectivity index (χ4v) is 4.55. The van der Waals surface area contributed by atoms with Gasteiger partial charge in [0.05, 0.1) is 19.4 Å². The van der Waals surface area contributed by atoms with Gasteiger partial charge in [-0.05, 0) is 41.6 Å². The first-order valence-electron chi connectivity index (χ1n) is 10.8. The lowest BCUT2D eigenvalue weighted by Gasteiger charge is -2.20. The number of carbonyl (C=O) groups is 1. The van der Waals surface area contributed by atoms with Crippen molar-refractivity contribution in [3.63, 3.8) is 0 Å². The van der Waals surface area contributed by atoms with E-state index in [9.17, 15) is 4.79 Å². The molecule has 0 spiro atoms. The minimum atomic E-state index is -0.287. The second-order valence-electron chi connectivity index (χ2n) is 7.79. The third-order valence-electron chi connectivity index (χ3n) is 5.48. The van der Waals surface area contributed by atoms with Crippen molar-refractivity contribution in [2.45, 2.75) is 26.1 Å². The van der Waals surface area contributed by atoms with Gasteiger partial charge in [0.1, 0.15) is 12.0 Å². The number of amides is 1. The predicted octanol–water partition coefficient (Wildman–Crippen LogP) is 4.99. The van der Waals surface area contributed by atoms with Gasteiger partial charge in [-0.1, -0.05) is 24.3 Å². The summed E-state index contributed by atoms with van der Waals surface area (Å²) >= 11 is 1.73. The molecule has 4 heterocycles. The van der Waals surface area contributed by atoms with Gasteiger partial charge in [0.2, 0.25) is 5.89 Å². The van der Waals surface area contributed by atoms with Crippen LogP contribution in [0.4, 0.5) is 0 Å². The number of furan rings is 1. The summed E-state index contributed by atoms with van der Waals surface area (Å²) in [5.41, 5.74) is 2.70. The number of rotatable bonds is 10. The van der Waals surface area contributed by atoms with Crippen molar-refractivity contribution in [2.24, 2.45) is 0 Å². The van der Waals surface area contributed by atoms with Crippen LogP contribution in [0.15, 0.2) is 81.5 Å². The Labute approximate surface area is 195 Å². The number of H-pyrrole nitrogens is 1. The van der Waals surface area contributed by atoms with E-state index in [1.54, 1.807) is 23.7 Å². The number of oxazole rings is 1. The highest BCUT2D eigenvalue weighted by Crippen LogP contribution is 2.20. The van der Waals surface area contributed by atoms with Crippen LogP contribution in [-0.2, 0) is 26.1 Å². The first-order valence-corrected chi connectivity index (χ1v) is 11.7. The molecule has 7 nitrogen and oxygen atoms in total. The number of aromatic amines is 1. The highest BCUT2D eigenvalue weighted by Gasteiger charge is 2.16. The zero-order valence-electron chi connectivity index (χ0n) is 18.0. The molecule has 0 radical (unpaired) electrons. The third kappa shape index (κ3) is 5.24. The molecular weight excluding hydrogens is 436 g/mol. The molecule has 0 fully saturated rings. The van der Waals surface area contributed by atoms with Gasteiger partial charge in [-0.15, -0.1) is 11.3 Å². The summed E-state index contributed by atoms with van der Waals surface area (Å²) in [6.07, 6.45) is 5.97. The van der Waals surface area contributed by atoms with E-state index in [1.165, 1.54) is 22.1 Å². The quantitative estimate of drug-likeness (QED) is 0.307. The average molecular weight is 461 g/mol. The van der Waals surface area contributed by atoms with Gasteiger partial charge in [-0.2, -0.15) is 0 Å². The van der Waals surface area contributed by atoms with Gasteiger partial charge >= 0.3 is 0 Å². The maximum absolute atomic E-state index is 12.4. The van der Waals surface area contributed by atoms with E-state index >= 15 is 0 Å². The average Bonchev–Trinajstić information content (AvgIpc) is 3.64. The summed E-state index contributed by atoms with van der Waals surface area (Å²) in [6.45, 7) is 2.46. The summed E-state index contributed by atoms with van der Waals surface area (Å²) in [4.78, 5) is 23.7. The second-order valence-corrected chi connectivity index (χ2v) is 8.82. The number of hydrogen-bond acceptors (Lipinski definition) is 6. The molecule has 168 valence electrons. The molecule has 0 bridgehead atoms. The van der Waals surface area contributed by atoms with Gasteiger partial charge in [0.25, 0.3) is 5.91 Å². The molecule has 0 saturated heterocycles. The van der Waals surface area contributed by atoms with Gasteiger partial charge in [0, 0.05) is 35.1 Å². The molecule has 1 aromatic carbocycles. The molecule has 0 saturated carbocycles. The van der Waals surface area contributed by atoms with Crippen molar-refractivity contribution in [2.75, 3.05) is 6.54 Å². The SMILES string of the molecule is O=C(NCc1ccco1)c1coc(CN(CCc2c[nH]c3ccccc23)Cc2cccs2)n1. The predicted molar refractivity (Wildman–Crippen MR) is 127 cm³/mol. The first kappa shape index (κ1) is 21.2. The summed E-state index contributed by atoms with van der Waals surface area (Å²) in [5.74, 6) is 0.921. The summed E-state index contributed by atoms with van der Waals surface area (Å²) in [7, 11) is 0. The fraction of sp³-hybridized carbons (Fsp3) is 0.200. The van der Waals surface area contributed by atoms with E-state index in [-0.39, 0.29) is 11.6 Å². The fourth-order valence-electron chi connectivity index (χ4n) is 3.80. The number of fused-ring (bicyclic) bond motifs is 1. The van der Waals surface area contributed by atoms with Crippen molar-refractivity contribution >= 4 is 28.1 Å². The summed E-state index contributed by atoms with van der Waals surface area (Å²) in [5, 5.41) is 6.13. The molecule has 0 aliphatic carbocycles. The standard InChI is InChI=1S/C25H24N4O3S/c30-25(27-14-19-5-3-11-31-19)23-17-32-24(28-23)16-29(15-20-6-4-12-33-20)10-9-18-13-26-22-8-2-1-7-21(18)22/h1-8,11-13,17,26H,9-10,14-16H2,(H,27,30). The lowest BCUT2D eigenvalue weighted by Crippen LogP contribution is -2.25. The molecule has 33 heavy (non-hydrogen) atoms. The molecule has 8 heteroatoms. The van der Waals surface area contributed by atoms with Crippen LogP contribution < -0.4 is 5.32 Å². The normalized spacial score (nSPS) is 11.4. The Morgan fingerprint density at radius 2 is 2.03 bits per heavy atom. The maximum atomic E-state index is 12.4. The van der Waals surface area contributed by atoms with Crippen LogP contribution in [-0.4, -0.2) is 27.3 Å². The zero-order valence-corrected chi connectivity index (χ0v) is 18.8. The van der Waals surface area contributed by atoms with Crippen molar-refractivity contribution in [1.82, 2.24) is 20.2 Å². The Morgan fingerprint density at radius 3 is 2.88 bits per heavy atom. The van der Waals surface area contributed by atoms with E-state index in [1.807, 2.05) is 12.1 Å². The lowest BCUT2D eigenvalue weighted by atomic mass is 10.1. The van der Waals surface area contributed by atoms with Gasteiger partial charge in [-0.25, -0.2) is 4.98 Å². The molecule has 0 atom stereocenters. The van der Waals surface area contributed by atoms with Crippen LogP contribution in [0.1, 0.15) is 32.6 Å². The summed E-state index contributed by atoms with van der Waals surface area (Å²) in [6, 6.07) is 16.1. The molecular formula is C25H24N4O3S. The first-order chi connectivity index (χ1) is 16.2. The van der Waals surface area contributed by atoms with Crippen molar-refractivity contribution in [3.05, 3.63) is 100 Å². The second kappa shape index (κ2) is 9.89. The van der Waals surface area contributed by atoms with Crippen LogP contribution in [0.2, 0.25) is 0 Å². The van der Waals surface area contributed by atoms with Crippen molar-refractivity contribution in [3.8, 4) is 0 Å². The van der Waals surface area contributed by atoms with E-state index < -0.39 is 0 Å². The Bertz CT molecular complexity index is 1300. The number of nitrogens with one attached hydrogen (secondary N) is 2. The molecule has 1 amide bonds. The lowest BCUT2D eigenvalue weighted by molar-refractivity contribution is 0.0943. The minimum absolute atomic E-state index is 0.268. The third-order valence-corrected chi connectivity index (χ3v) is 6.34. The maximum Gasteiger partial charge on any atom is 0.273 e. The van der Waals surface area contributed by atoms with Crippen molar-refractivity contribution in [1.29, 1.82) is 0 Å². The molecule has 0 unspecified atom stereocenters. The highest BCUT2D eigenvalue weighted by molar-refractivity contribution is 7.09. The van der Waals surface area contributed by atoms with Crippen LogP contribution in [0.25, 0.3) is 10.9 Å². The van der Waals surface area contributed by atoms with Gasteiger partial charge in [0.15, 0.2) is 5.69 Å². The van der Waals surface area contributed by atoms with Gasteiger partial charge in [-0.3, -0.25) is 9.69 Å². The number of hydrogen-bond donors (Lipinski definition) is 2. The molecule has 0 aliphatic rings. The summed E-state index contributed by atoms with van der Waals surface area (Å²) < 4.78 is 10.9. The van der Waals surface area contributed by atoms with E-state index in [0.29, 0.717) is 24.7 Å². The van der Waals surface area contributed by atoms with Crippen LogP contribution in [0.3, 0.4) is 0 Å². The Kier molecular flexibility index (Phi) is 6.37. The number of nitrogens with zero attached hydrogens (tertiary/aromatic N) is 2. The topological polar surface area (TPSA) is 87.3 Å². The molecule has 5 rings (SSSR count). The van der Waals surface area contributed by atoms with Crippen LogP contribution >= 0.6 is 11.3 Å². The zero-order chi connectivity index (χ0) is 22.5. The van der Waals surface area contributed by atoms with Gasteiger partial charge < -0.3 is 19.1 Å². The Morgan fingerprint density at radius 1 is 1.09 bits per heavy atom. The van der Waals surface area contributed by atoms with E-state index in [0.717, 1.165) is 25.0 Å². The van der Waals surface area contributed by atoms with Crippen molar-refractivity contribution < 1.29 is 13.6 Å². The number of carbonyl (C=O) groups excluding carboxylic acids is 1. The number of benzene rings is 1. The largest absolute Gasteiger partial charge is 0.467 e. The molecule has 2 N–H and O–H groups in total. The monoisotopic (exact) mass is 460 g/mol. The van der Waals surface area contributed by atoms with Crippen LogP contribution in [0.5, 0.6) is 0 Å². The highest BCUT2D eigenvalue weighted by atomic mass is 32.1. The molecule has 4 aromatic heterocycles. The number of para-hydroxylation sites is 1. The number of thiophene rings is 1.